The molecule has 1 aliphatic rings. The highest BCUT2D eigenvalue weighted by molar-refractivity contribution is 7.80. The van der Waals surface area contributed by atoms with Crippen molar-refractivity contribution in [2.45, 2.75) is 39.2 Å². The Bertz CT molecular complexity index is 386. The Hall–Kier alpha value is -1.09. The largest absolute Gasteiger partial charge is 0.346 e. The summed E-state index contributed by atoms with van der Waals surface area (Å²) in [7, 11) is 0. The van der Waals surface area contributed by atoms with E-state index in [1.54, 1.807) is 0 Å². The van der Waals surface area contributed by atoms with Gasteiger partial charge in [-0.1, -0.05) is 17.7 Å². The molecule has 0 amide bonds. The molecule has 0 spiro atoms. The van der Waals surface area contributed by atoms with Crippen molar-refractivity contribution in [3.05, 3.63) is 29.8 Å². The minimum Gasteiger partial charge on any atom is -0.346 e. The lowest BCUT2D eigenvalue weighted by Gasteiger charge is -2.35. The molecule has 3 heteroatoms. The van der Waals surface area contributed by atoms with Gasteiger partial charge in [-0.2, -0.15) is 0 Å². The number of rotatable bonds is 1. The van der Waals surface area contributed by atoms with Gasteiger partial charge in [0.05, 0.1) is 0 Å². The van der Waals surface area contributed by atoms with E-state index >= 15 is 0 Å². The van der Waals surface area contributed by atoms with Crippen molar-refractivity contribution in [3.63, 3.8) is 0 Å². The average molecular weight is 248 g/mol. The Morgan fingerprint density at radius 3 is 2.65 bits per heavy atom. The third-order valence-corrected chi connectivity index (χ3v) is 3.70. The van der Waals surface area contributed by atoms with Gasteiger partial charge in [-0.25, -0.2) is 0 Å². The van der Waals surface area contributed by atoms with Crippen LogP contribution in [0.3, 0.4) is 0 Å². The number of hydrogen-bond acceptors (Lipinski definition) is 1. The number of likely N-dealkylation sites (tertiary alicyclic amines) is 1. The molecule has 1 aromatic carbocycles. The maximum atomic E-state index is 5.48. The Kier molecular flexibility index (Phi) is 4.00. The first-order chi connectivity index (χ1) is 8.16. The Morgan fingerprint density at radius 2 is 2.00 bits per heavy atom. The van der Waals surface area contributed by atoms with E-state index in [0.717, 1.165) is 17.3 Å². The molecular formula is C14H20N2S. The van der Waals surface area contributed by atoms with E-state index in [4.69, 9.17) is 12.2 Å². The normalized spacial score (nSPS) is 20.1. The van der Waals surface area contributed by atoms with Gasteiger partial charge < -0.3 is 10.2 Å². The van der Waals surface area contributed by atoms with Crippen molar-refractivity contribution >= 4 is 23.0 Å². The predicted octanol–water partition coefficient (Wildman–Crippen LogP) is 3.57. The van der Waals surface area contributed by atoms with E-state index in [1.807, 2.05) is 0 Å². The van der Waals surface area contributed by atoms with Gasteiger partial charge in [0.2, 0.25) is 0 Å². The molecule has 1 aliphatic heterocycles. The van der Waals surface area contributed by atoms with Crippen LogP contribution in [0, 0.1) is 6.92 Å². The van der Waals surface area contributed by atoms with Crippen LogP contribution in [0.2, 0.25) is 0 Å². The molecule has 0 saturated carbocycles. The van der Waals surface area contributed by atoms with Crippen LogP contribution in [0.15, 0.2) is 24.3 Å². The quantitative estimate of drug-likeness (QED) is 0.765. The van der Waals surface area contributed by atoms with Crippen molar-refractivity contribution in [2.75, 3.05) is 11.9 Å². The van der Waals surface area contributed by atoms with Crippen molar-refractivity contribution in [2.24, 2.45) is 0 Å². The molecule has 1 atom stereocenters. The zero-order valence-corrected chi connectivity index (χ0v) is 11.4. The Morgan fingerprint density at radius 1 is 1.29 bits per heavy atom. The third-order valence-electron chi connectivity index (χ3n) is 3.37. The molecule has 92 valence electrons. The van der Waals surface area contributed by atoms with Gasteiger partial charge in [0.25, 0.3) is 0 Å². The second-order valence-electron chi connectivity index (χ2n) is 4.83. The maximum Gasteiger partial charge on any atom is 0.173 e. The molecular weight excluding hydrogens is 228 g/mol. The van der Waals surface area contributed by atoms with E-state index in [0.29, 0.717) is 6.04 Å². The number of anilines is 1. The minimum absolute atomic E-state index is 0.564. The lowest BCUT2D eigenvalue weighted by molar-refractivity contribution is 0.262. The summed E-state index contributed by atoms with van der Waals surface area (Å²) >= 11 is 5.48. The van der Waals surface area contributed by atoms with Crippen LogP contribution >= 0.6 is 12.2 Å². The highest BCUT2D eigenvalue weighted by atomic mass is 32.1. The lowest BCUT2D eigenvalue weighted by atomic mass is 10.0. The van der Waals surface area contributed by atoms with E-state index in [2.05, 4.69) is 48.3 Å². The smallest absolute Gasteiger partial charge is 0.173 e. The van der Waals surface area contributed by atoms with Crippen molar-refractivity contribution < 1.29 is 0 Å². The maximum absolute atomic E-state index is 5.48. The molecule has 1 unspecified atom stereocenters. The zero-order chi connectivity index (χ0) is 12.3. The number of aryl methyl sites for hydroxylation is 1. The van der Waals surface area contributed by atoms with Gasteiger partial charge in [0.1, 0.15) is 0 Å². The van der Waals surface area contributed by atoms with E-state index in [9.17, 15) is 0 Å². The molecule has 1 fully saturated rings. The highest BCUT2D eigenvalue weighted by Crippen LogP contribution is 2.18. The summed E-state index contributed by atoms with van der Waals surface area (Å²) in [4.78, 5) is 2.30. The number of benzene rings is 1. The lowest BCUT2D eigenvalue weighted by Crippen LogP contribution is -2.44. The standard InChI is InChI=1S/C14H20N2S/c1-11-6-8-13(9-7-11)15-14(17)16-10-4-3-5-12(16)2/h6-9,12H,3-5,10H2,1-2H3,(H,15,17). The molecule has 0 radical (unpaired) electrons. The van der Waals surface area contributed by atoms with Crippen LogP contribution in [0.4, 0.5) is 5.69 Å². The Balaban J connectivity index is 1.98. The summed E-state index contributed by atoms with van der Waals surface area (Å²) in [6, 6.07) is 8.93. The topological polar surface area (TPSA) is 15.3 Å². The van der Waals surface area contributed by atoms with E-state index in [1.165, 1.54) is 24.8 Å². The van der Waals surface area contributed by atoms with E-state index in [-0.39, 0.29) is 0 Å². The number of hydrogen-bond donors (Lipinski definition) is 1. The zero-order valence-electron chi connectivity index (χ0n) is 10.6. The molecule has 2 rings (SSSR count). The number of thiocarbonyl (C=S) groups is 1. The molecule has 0 aliphatic carbocycles. The second-order valence-corrected chi connectivity index (χ2v) is 5.22. The van der Waals surface area contributed by atoms with Gasteiger partial charge in [-0.05, 0) is 57.5 Å². The summed E-state index contributed by atoms with van der Waals surface area (Å²) in [5.74, 6) is 0. The first-order valence-corrected chi connectivity index (χ1v) is 6.72. The molecule has 17 heavy (non-hydrogen) atoms. The first kappa shape index (κ1) is 12.4. The Labute approximate surface area is 109 Å². The fourth-order valence-electron chi connectivity index (χ4n) is 2.23. The van der Waals surface area contributed by atoms with Gasteiger partial charge in [0.15, 0.2) is 5.11 Å². The van der Waals surface area contributed by atoms with Gasteiger partial charge in [-0.3, -0.25) is 0 Å². The van der Waals surface area contributed by atoms with Crippen LogP contribution in [0.5, 0.6) is 0 Å². The van der Waals surface area contributed by atoms with Gasteiger partial charge >= 0.3 is 0 Å². The van der Waals surface area contributed by atoms with Crippen LogP contribution in [-0.2, 0) is 0 Å². The van der Waals surface area contributed by atoms with Crippen molar-refractivity contribution in [3.8, 4) is 0 Å². The summed E-state index contributed by atoms with van der Waals surface area (Å²) in [6.07, 6.45) is 3.82. The fraction of sp³-hybridized carbons (Fsp3) is 0.500. The number of piperidine rings is 1. The van der Waals surface area contributed by atoms with Gasteiger partial charge in [-0.15, -0.1) is 0 Å². The molecule has 0 bridgehead atoms. The minimum atomic E-state index is 0.564. The molecule has 1 saturated heterocycles. The van der Waals surface area contributed by atoms with Crippen molar-refractivity contribution in [1.29, 1.82) is 0 Å². The first-order valence-electron chi connectivity index (χ1n) is 6.31. The van der Waals surface area contributed by atoms with Crippen LogP contribution in [-0.4, -0.2) is 22.6 Å². The molecule has 1 aromatic rings. The monoisotopic (exact) mass is 248 g/mol. The number of nitrogens with zero attached hydrogens (tertiary/aromatic N) is 1. The van der Waals surface area contributed by atoms with Crippen LogP contribution in [0.25, 0.3) is 0 Å². The average Bonchev–Trinajstić information content (AvgIpc) is 2.32. The van der Waals surface area contributed by atoms with Crippen LogP contribution in [0.1, 0.15) is 31.7 Å². The molecule has 2 nitrogen and oxygen atoms in total. The molecule has 1 heterocycles. The van der Waals surface area contributed by atoms with Gasteiger partial charge in [0, 0.05) is 18.3 Å². The molecule has 1 N–H and O–H groups in total. The second kappa shape index (κ2) is 5.50. The summed E-state index contributed by atoms with van der Waals surface area (Å²) < 4.78 is 0. The van der Waals surface area contributed by atoms with Crippen LogP contribution < -0.4 is 5.32 Å². The number of nitrogens with one attached hydrogen (secondary N) is 1. The molecule has 0 aromatic heterocycles. The third kappa shape index (κ3) is 3.19. The summed E-state index contributed by atoms with van der Waals surface area (Å²) in [5.41, 5.74) is 2.35. The fourth-order valence-corrected chi connectivity index (χ4v) is 2.62. The van der Waals surface area contributed by atoms with Crippen molar-refractivity contribution in [1.82, 2.24) is 4.90 Å². The predicted molar refractivity (Wildman–Crippen MR) is 77.4 cm³/mol. The SMILES string of the molecule is Cc1ccc(NC(=S)N2CCCCC2C)cc1. The van der Waals surface area contributed by atoms with E-state index < -0.39 is 0 Å². The highest BCUT2D eigenvalue weighted by Gasteiger charge is 2.20. The summed E-state index contributed by atoms with van der Waals surface area (Å²) in [5, 5.41) is 4.19. The summed E-state index contributed by atoms with van der Waals surface area (Å²) in [6.45, 7) is 5.43.